The molecule has 1 saturated heterocycles. The van der Waals surface area contributed by atoms with Gasteiger partial charge in [0.25, 0.3) is 0 Å². The predicted molar refractivity (Wildman–Crippen MR) is 70.2 cm³/mol. The molecule has 1 saturated carbocycles. The van der Waals surface area contributed by atoms with E-state index in [4.69, 9.17) is 9.47 Å². The average molecular weight is 266 g/mol. The van der Waals surface area contributed by atoms with Crippen molar-refractivity contribution in [3.05, 3.63) is 12.7 Å². The number of hydrogen-bond donors (Lipinski definition) is 0. The number of hydrogen-bond acceptors (Lipinski definition) is 4. The van der Waals surface area contributed by atoms with Gasteiger partial charge in [0.1, 0.15) is 6.10 Å². The SMILES string of the molecule is C=CC(C)(C(=O)OC1C(=O)OC2CCCC21)C(C)C. The van der Waals surface area contributed by atoms with Crippen LogP contribution in [0.5, 0.6) is 0 Å². The Balaban J connectivity index is 2.10. The van der Waals surface area contributed by atoms with Crippen LogP contribution in [0.4, 0.5) is 0 Å². The highest BCUT2D eigenvalue weighted by atomic mass is 16.6. The van der Waals surface area contributed by atoms with Gasteiger partial charge in [0.2, 0.25) is 6.10 Å². The van der Waals surface area contributed by atoms with E-state index < -0.39 is 17.5 Å². The van der Waals surface area contributed by atoms with Gasteiger partial charge < -0.3 is 9.47 Å². The van der Waals surface area contributed by atoms with Crippen LogP contribution in [-0.4, -0.2) is 24.1 Å². The molecule has 4 nitrogen and oxygen atoms in total. The second-order valence-corrected chi connectivity index (χ2v) is 6.04. The van der Waals surface area contributed by atoms with Crippen molar-refractivity contribution in [3.8, 4) is 0 Å². The summed E-state index contributed by atoms with van der Waals surface area (Å²) in [6.45, 7) is 9.39. The van der Waals surface area contributed by atoms with Gasteiger partial charge in [-0.1, -0.05) is 19.9 Å². The quantitative estimate of drug-likeness (QED) is 0.579. The molecule has 19 heavy (non-hydrogen) atoms. The second-order valence-electron chi connectivity index (χ2n) is 6.04. The van der Waals surface area contributed by atoms with Crippen LogP contribution in [0.15, 0.2) is 12.7 Å². The largest absolute Gasteiger partial charge is 0.459 e. The summed E-state index contributed by atoms with van der Waals surface area (Å²) in [5.74, 6) is -0.669. The maximum Gasteiger partial charge on any atom is 0.348 e. The molecule has 4 atom stereocenters. The number of esters is 2. The van der Waals surface area contributed by atoms with E-state index in [1.165, 1.54) is 0 Å². The molecule has 4 unspecified atom stereocenters. The monoisotopic (exact) mass is 266 g/mol. The Hall–Kier alpha value is -1.32. The average Bonchev–Trinajstić information content (AvgIpc) is 2.91. The molecule has 2 aliphatic rings. The number of carbonyl (C=O) groups is 2. The lowest BCUT2D eigenvalue weighted by atomic mass is 9.79. The molecule has 2 rings (SSSR count). The third-order valence-electron chi connectivity index (χ3n) is 4.69. The topological polar surface area (TPSA) is 52.6 Å². The lowest BCUT2D eigenvalue weighted by Gasteiger charge is -2.29. The van der Waals surface area contributed by atoms with E-state index in [1.54, 1.807) is 13.0 Å². The van der Waals surface area contributed by atoms with Gasteiger partial charge in [-0.25, -0.2) is 4.79 Å². The van der Waals surface area contributed by atoms with Crippen molar-refractivity contribution in [2.45, 2.75) is 52.2 Å². The van der Waals surface area contributed by atoms with E-state index in [-0.39, 0.29) is 23.9 Å². The van der Waals surface area contributed by atoms with Gasteiger partial charge in [-0.3, -0.25) is 4.79 Å². The van der Waals surface area contributed by atoms with Gasteiger partial charge in [0.05, 0.1) is 5.41 Å². The Morgan fingerprint density at radius 1 is 1.53 bits per heavy atom. The zero-order valence-corrected chi connectivity index (χ0v) is 11.8. The van der Waals surface area contributed by atoms with Crippen LogP contribution in [0.3, 0.4) is 0 Å². The first-order valence-electron chi connectivity index (χ1n) is 6.95. The van der Waals surface area contributed by atoms with Crippen LogP contribution in [0.25, 0.3) is 0 Å². The van der Waals surface area contributed by atoms with E-state index in [0.29, 0.717) is 0 Å². The summed E-state index contributed by atoms with van der Waals surface area (Å²) in [6.07, 6.45) is 3.62. The molecule has 0 bridgehead atoms. The first kappa shape index (κ1) is 14.1. The number of rotatable bonds is 4. The number of carbonyl (C=O) groups excluding carboxylic acids is 2. The zero-order valence-electron chi connectivity index (χ0n) is 11.8. The number of ether oxygens (including phenoxy) is 2. The Labute approximate surface area is 114 Å². The molecule has 4 heteroatoms. The predicted octanol–water partition coefficient (Wildman–Crippen LogP) is 2.47. The summed E-state index contributed by atoms with van der Waals surface area (Å²) in [7, 11) is 0. The summed E-state index contributed by atoms with van der Waals surface area (Å²) >= 11 is 0. The Kier molecular flexibility index (Phi) is 3.70. The smallest absolute Gasteiger partial charge is 0.348 e. The molecule has 0 radical (unpaired) electrons. The van der Waals surface area contributed by atoms with E-state index in [0.717, 1.165) is 19.3 Å². The Morgan fingerprint density at radius 3 is 2.79 bits per heavy atom. The molecule has 2 fully saturated rings. The highest BCUT2D eigenvalue weighted by Gasteiger charge is 2.50. The fourth-order valence-electron chi connectivity index (χ4n) is 2.77. The fraction of sp³-hybridized carbons (Fsp3) is 0.733. The Bertz CT molecular complexity index is 401. The first-order valence-corrected chi connectivity index (χ1v) is 6.95. The number of fused-ring (bicyclic) bond motifs is 1. The maximum atomic E-state index is 12.3. The molecule has 0 aromatic rings. The van der Waals surface area contributed by atoms with Crippen molar-refractivity contribution in [2.24, 2.45) is 17.3 Å². The lowest BCUT2D eigenvalue weighted by molar-refractivity contribution is -0.169. The highest BCUT2D eigenvalue weighted by Crippen LogP contribution is 2.40. The van der Waals surface area contributed by atoms with Crippen LogP contribution in [-0.2, 0) is 19.1 Å². The molecule has 0 spiro atoms. The second kappa shape index (κ2) is 4.99. The van der Waals surface area contributed by atoms with Gasteiger partial charge in [-0.15, -0.1) is 6.58 Å². The van der Waals surface area contributed by atoms with E-state index in [1.807, 2.05) is 13.8 Å². The van der Waals surface area contributed by atoms with Crippen molar-refractivity contribution < 1.29 is 19.1 Å². The van der Waals surface area contributed by atoms with Gasteiger partial charge in [-0.2, -0.15) is 0 Å². The van der Waals surface area contributed by atoms with Crippen molar-refractivity contribution in [1.82, 2.24) is 0 Å². The van der Waals surface area contributed by atoms with Crippen LogP contribution in [0.1, 0.15) is 40.0 Å². The van der Waals surface area contributed by atoms with Crippen LogP contribution >= 0.6 is 0 Å². The molecule has 1 aliphatic carbocycles. The normalized spacial score (nSPS) is 32.6. The summed E-state index contributed by atoms with van der Waals surface area (Å²) < 4.78 is 10.7. The van der Waals surface area contributed by atoms with Gasteiger partial charge in [-0.05, 0) is 32.1 Å². The van der Waals surface area contributed by atoms with Crippen LogP contribution < -0.4 is 0 Å². The third-order valence-corrected chi connectivity index (χ3v) is 4.69. The molecule has 106 valence electrons. The minimum Gasteiger partial charge on any atom is -0.459 e. The zero-order chi connectivity index (χ0) is 14.2. The van der Waals surface area contributed by atoms with Gasteiger partial charge in [0, 0.05) is 5.92 Å². The van der Waals surface area contributed by atoms with E-state index >= 15 is 0 Å². The van der Waals surface area contributed by atoms with Crippen molar-refractivity contribution in [1.29, 1.82) is 0 Å². The van der Waals surface area contributed by atoms with Crippen molar-refractivity contribution in [3.63, 3.8) is 0 Å². The van der Waals surface area contributed by atoms with Crippen molar-refractivity contribution in [2.75, 3.05) is 0 Å². The summed E-state index contributed by atoms with van der Waals surface area (Å²) in [5.41, 5.74) is -0.767. The van der Waals surface area contributed by atoms with Crippen molar-refractivity contribution >= 4 is 11.9 Å². The van der Waals surface area contributed by atoms with E-state index in [2.05, 4.69) is 6.58 Å². The minimum absolute atomic E-state index is 0.0395. The molecule has 0 amide bonds. The van der Waals surface area contributed by atoms with E-state index in [9.17, 15) is 9.59 Å². The summed E-state index contributed by atoms with van der Waals surface area (Å²) in [5, 5.41) is 0. The maximum absolute atomic E-state index is 12.3. The molecule has 0 aromatic carbocycles. The molecule has 0 N–H and O–H groups in total. The summed E-state index contributed by atoms with van der Waals surface area (Å²) in [4.78, 5) is 24.1. The third kappa shape index (κ3) is 2.28. The molecule has 0 aromatic heterocycles. The standard InChI is InChI=1S/C15H22O4/c1-5-15(4,9(2)3)14(17)19-12-10-7-6-8-11(10)18-13(12)16/h5,9-12H,1,6-8H2,2-4H3. The molecular weight excluding hydrogens is 244 g/mol. The minimum atomic E-state index is -0.767. The summed E-state index contributed by atoms with van der Waals surface area (Å²) in [6, 6.07) is 0. The van der Waals surface area contributed by atoms with Gasteiger partial charge >= 0.3 is 11.9 Å². The van der Waals surface area contributed by atoms with Gasteiger partial charge in [0.15, 0.2) is 0 Å². The lowest BCUT2D eigenvalue weighted by Crippen LogP contribution is -2.38. The molecular formula is C15H22O4. The fourth-order valence-corrected chi connectivity index (χ4v) is 2.77. The molecule has 1 heterocycles. The Morgan fingerprint density at radius 2 is 2.21 bits per heavy atom. The van der Waals surface area contributed by atoms with Crippen LogP contribution in [0, 0.1) is 17.3 Å². The van der Waals surface area contributed by atoms with Crippen LogP contribution in [0.2, 0.25) is 0 Å². The molecule has 1 aliphatic heterocycles. The first-order chi connectivity index (χ1) is 8.90. The highest BCUT2D eigenvalue weighted by molar-refractivity contribution is 5.85.